The van der Waals surface area contributed by atoms with Gasteiger partial charge in [-0.25, -0.2) is 0 Å². The summed E-state index contributed by atoms with van der Waals surface area (Å²) in [6, 6.07) is 4.78. The smallest absolute Gasteiger partial charge is 0.416 e. The summed E-state index contributed by atoms with van der Waals surface area (Å²) in [5.74, 6) is -0.408. The highest BCUT2D eigenvalue weighted by Gasteiger charge is 2.37. The molecule has 0 bridgehead atoms. The van der Waals surface area contributed by atoms with Crippen molar-refractivity contribution in [1.29, 1.82) is 0 Å². The average Bonchev–Trinajstić information content (AvgIpc) is 2.44. The van der Waals surface area contributed by atoms with Crippen molar-refractivity contribution in [3.8, 4) is 0 Å². The summed E-state index contributed by atoms with van der Waals surface area (Å²) >= 11 is 0. The molecule has 0 aliphatic heterocycles. The fraction of sp³-hybridized carbons (Fsp3) is 0.533. The Balaban J connectivity index is 2.97. The van der Waals surface area contributed by atoms with Crippen LogP contribution in [0, 0.1) is 5.41 Å². The van der Waals surface area contributed by atoms with Gasteiger partial charge in [0.1, 0.15) is 0 Å². The zero-order valence-electron chi connectivity index (χ0n) is 12.2. The van der Waals surface area contributed by atoms with E-state index in [0.29, 0.717) is 12.0 Å². The minimum atomic E-state index is -4.37. The van der Waals surface area contributed by atoms with Crippen LogP contribution in [-0.4, -0.2) is 19.1 Å². The number of alkyl halides is 3. The maximum atomic E-state index is 12.5. The Labute approximate surface area is 122 Å². The summed E-state index contributed by atoms with van der Waals surface area (Å²) in [7, 11) is 0. The Morgan fingerprint density at radius 1 is 1.19 bits per heavy atom. The van der Waals surface area contributed by atoms with Gasteiger partial charge in [-0.2, -0.15) is 13.2 Å². The molecule has 0 heterocycles. The molecule has 0 radical (unpaired) electrons. The second-order valence-electron chi connectivity index (χ2n) is 4.93. The number of hydrogen-bond donors (Lipinski definition) is 1. The molecule has 1 aromatic carbocycles. The summed E-state index contributed by atoms with van der Waals surface area (Å²) in [5.41, 5.74) is 4.74. The molecule has 118 valence electrons. The quantitative estimate of drug-likeness (QED) is 0.821. The van der Waals surface area contributed by atoms with Crippen LogP contribution < -0.4 is 5.73 Å². The molecule has 1 rings (SSSR count). The van der Waals surface area contributed by atoms with Gasteiger partial charge in [-0.15, -0.1) is 0 Å². The van der Waals surface area contributed by atoms with Crippen LogP contribution in [0.5, 0.6) is 0 Å². The minimum absolute atomic E-state index is 0.0867. The Morgan fingerprint density at radius 3 is 2.14 bits per heavy atom. The monoisotopic (exact) mass is 303 g/mol. The van der Waals surface area contributed by atoms with Crippen molar-refractivity contribution < 1.29 is 22.7 Å². The Morgan fingerprint density at radius 2 is 1.76 bits per heavy atom. The molecular weight excluding hydrogens is 283 g/mol. The van der Waals surface area contributed by atoms with Crippen molar-refractivity contribution in [1.82, 2.24) is 0 Å². The Kier molecular flexibility index (Phi) is 5.78. The van der Waals surface area contributed by atoms with Gasteiger partial charge in [0, 0.05) is 6.54 Å². The van der Waals surface area contributed by atoms with E-state index >= 15 is 0 Å². The van der Waals surface area contributed by atoms with Crippen LogP contribution in [0.15, 0.2) is 24.3 Å². The second-order valence-corrected chi connectivity index (χ2v) is 4.93. The van der Waals surface area contributed by atoms with Crippen molar-refractivity contribution in [3.05, 3.63) is 35.4 Å². The van der Waals surface area contributed by atoms with Crippen molar-refractivity contribution in [3.63, 3.8) is 0 Å². The van der Waals surface area contributed by atoms with Crippen LogP contribution >= 0.6 is 0 Å². The van der Waals surface area contributed by atoms with E-state index in [0.717, 1.165) is 12.1 Å². The highest BCUT2D eigenvalue weighted by atomic mass is 19.4. The van der Waals surface area contributed by atoms with Crippen LogP contribution in [-0.2, 0) is 22.1 Å². The fourth-order valence-corrected chi connectivity index (χ4v) is 2.13. The van der Waals surface area contributed by atoms with E-state index in [-0.39, 0.29) is 19.6 Å². The van der Waals surface area contributed by atoms with Gasteiger partial charge in [0.25, 0.3) is 0 Å². The van der Waals surface area contributed by atoms with E-state index < -0.39 is 23.1 Å². The molecule has 0 saturated carbocycles. The van der Waals surface area contributed by atoms with Gasteiger partial charge >= 0.3 is 12.1 Å². The fourth-order valence-electron chi connectivity index (χ4n) is 2.13. The number of ether oxygens (including phenoxy) is 1. The molecular formula is C15H20F3NO2. The highest BCUT2D eigenvalue weighted by molar-refractivity contribution is 5.77. The van der Waals surface area contributed by atoms with E-state index in [9.17, 15) is 18.0 Å². The molecule has 1 atom stereocenters. The lowest BCUT2D eigenvalue weighted by molar-refractivity contribution is -0.155. The lowest BCUT2D eigenvalue weighted by Gasteiger charge is -2.29. The lowest BCUT2D eigenvalue weighted by atomic mass is 9.79. The first-order chi connectivity index (χ1) is 9.79. The largest absolute Gasteiger partial charge is 0.466 e. The minimum Gasteiger partial charge on any atom is -0.466 e. The number of rotatable bonds is 6. The normalized spacial score (nSPS) is 14.6. The summed E-state index contributed by atoms with van der Waals surface area (Å²) < 4.78 is 42.6. The van der Waals surface area contributed by atoms with Gasteiger partial charge in [0.2, 0.25) is 0 Å². The van der Waals surface area contributed by atoms with E-state index in [1.165, 1.54) is 12.1 Å². The number of carbonyl (C=O) groups is 1. The molecule has 0 aliphatic rings. The number of nitrogens with two attached hydrogens (primary N) is 1. The molecule has 3 nitrogen and oxygen atoms in total. The van der Waals surface area contributed by atoms with Crippen LogP contribution in [0.25, 0.3) is 0 Å². The predicted molar refractivity (Wildman–Crippen MR) is 73.6 cm³/mol. The SMILES string of the molecule is CCOC(=O)C(CC)(CN)Cc1ccc(C(F)(F)F)cc1. The summed E-state index contributed by atoms with van der Waals surface area (Å²) in [6.45, 7) is 3.85. The number of halogens is 3. The van der Waals surface area contributed by atoms with Crippen LogP contribution in [0.2, 0.25) is 0 Å². The van der Waals surface area contributed by atoms with Gasteiger partial charge in [-0.1, -0.05) is 19.1 Å². The number of carbonyl (C=O) groups excluding carboxylic acids is 1. The molecule has 0 fully saturated rings. The maximum absolute atomic E-state index is 12.5. The van der Waals surface area contributed by atoms with E-state index in [1.807, 2.05) is 6.92 Å². The first kappa shape index (κ1) is 17.5. The summed E-state index contributed by atoms with van der Waals surface area (Å²) in [4.78, 5) is 12.1. The van der Waals surface area contributed by atoms with Gasteiger partial charge in [0.15, 0.2) is 0 Å². The Hall–Kier alpha value is -1.56. The van der Waals surface area contributed by atoms with Crippen molar-refractivity contribution in [2.24, 2.45) is 11.1 Å². The van der Waals surface area contributed by atoms with Gasteiger partial charge in [0.05, 0.1) is 17.6 Å². The van der Waals surface area contributed by atoms with Crippen LogP contribution in [0.4, 0.5) is 13.2 Å². The van der Waals surface area contributed by atoms with Crippen molar-refractivity contribution >= 4 is 5.97 Å². The molecule has 1 unspecified atom stereocenters. The van der Waals surface area contributed by atoms with Gasteiger partial charge < -0.3 is 10.5 Å². The molecule has 0 spiro atoms. The van der Waals surface area contributed by atoms with Crippen LogP contribution in [0.3, 0.4) is 0 Å². The molecule has 2 N–H and O–H groups in total. The maximum Gasteiger partial charge on any atom is 0.416 e. The summed E-state index contributed by atoms with van der Waals surface area (Å²) in [5, 5.41) is 0. The third kappa shape index (κ3) is 4.20. The molecule has 0 saturated heterocycles. The zero-order chi connectivity index (χ0) is 16.1. The topological polar surface area (TPSA) is 52.3 Å². The Bertz CT molecular complexity index is 465. The molecule has 0 aromatic heterocycles. The van der Waals surface area contributed by atoms with Crippen molar-refractivity contribution in [2.75, 3.05) is 13.2 Å². The number of esters is 1. The van der Waals surface area contributed by atoms with Gasteiger partial charge in [-0.05, 0) is 37.5 Å². The molecule has 21 heavy (non-hydrogen) atoms. The molecule has 0 amide bonds. The third-order valence-corrected chi connectivity index (χ3v) is 3.60. The first-order valence-corrected chi connectivity index (χ1v) is 6.82. The second kappa shape index (κ2) is 6.93. The summed E-state index contributed by atoms with van der Waals surface area (Å²) in [6.07, 6.45) is -3.64. The van der Waals surface area contributed by atoms with Gasteiger partial charge in [-0.3, -0.25) is 4.79 Å². The van der Waals surface area contributed by atoms with Crippen LogP contribution in [0.1, 0.15) is 31.4 Å². The third-order valence-electron chi connectivity index (χ3n) is 3.60. The molecule has 0 aliphatic carbocycles. The van der Waals surface area contributed by atoms with E-state index in [2.05, 4.69) is 0 Å². The number of hydrogen-bond acceptors (Lipinski definition) is 3. The van der Waals surface area contributed by atoms with Crippen molar-refractivity contribution in [2.45, 2.75) is 32.9 Å². The standard InChI is InChI=1S/C15H20F3NO2/c1-3-14(10-19,13(20)21-4-2)9-11-5-7-12(8-6-11)15(16,17)18/h5-8H,3-4,9-10,19H2,1-2H3. The predicted octanol–water partition coefficient (Wildman–Crippen LogP) is 3.17. The molecule has 1 aromatic rings. The number of benzene rings is 1. The van der Waals surface area contributed by atoms with E-state index in [1.54, 1.807) is 6.92 Å². The molecule has 6 heteroatoms. The zero-order valence-corrected chi connectivity index (χ0v) is 12.2. The highest BCUT2D eigenvalue weighted by Crippen LogP contribution is 2.31. The average molecular weight is 303 g/mol. The van der Waals surface area contributed by atoms with E-state index in [4.69, 9.17) is 10.5 Å². The lowest BCUT2D eigenvalue weighted by Crippen LogP contribution is -2.41. The first-order valence-electron chi connectivity index (χ1n) is 6.82.